The Bertz CT molecular complexity index is 942. The van der Waals surface area contributed by atoms with Gasteiger partial charge in [-0.3, -0.25) is 0 Å². The fraction of sp³-hybridized carbons (Fsp3) is 0.0556. The molecule has 0 aliphatic carbocycles. The van der Waals surface area contributed by atoms with Crippen LogP contribution >= 0.6 is 11.3 Å². The van der Waals surface area contributed by atoms with Gasteiger partial charge in [0.15, 0.2) is 0 Å². The van der Waals surface area contributed by atoms with Crippen LogP contribution in [0.25, 0.3) is 31.6 Å². The summed E-state index contributed by atoms with van der Waals surface area (Å²) in [5, 5.41) is 3.51. The van der Waals surface area contributed by atoms with Crippen LogP contribution in [-0.2, 0) is 0 Å². The van der Waals surface area contributed by atoms with Crippen molar-refractivity contribution in [2.75, 3.05) is 7.11 Å². The summed E-state index contributed by atoms with van der Waals surface area (Å²) in [6.45, 7) is 0. The van der Waals surface area contributed by atoms with Crippen LogP contribution in [0.4, 0.5) is 0 Å². The van der Waals surface area contributed by atoms with E-state index in [1.54, 1.807) is 18.4 Å². The maximum atomic E-state index is 5.45. The molecule has 0 aliphatic rings. The minimum atomic E-state index is 0.862. The number of methoxy groups -OCH3 is 1. The minimum absolute atomic E-state index is 0.862. The summed E-state index contributed by atoms with van der Waals surface area (Å²) in [6, 6.07) is 20.7. The third kappa shape index (κ3) is 1.98. The lowest BCUT2D eigenvalue weighted by Crippen LogP contribution is -1.86. The summed E-state index contributed by atoms with van der Waals surface area (Å²) in [7, 11) is 1.70. The van der Waals surface area contributed by atoms with E-state index < -0.39 is 0 Å². The maximum absolute atomic E-state index is 5.45. The van der Waals surface area contributed by atoms with Crippen LogP contribution in [0.5, 0.6) is 5.75 Å². The Hall–Kier alpha value is -2.39. The lowest BCUT2D eigenvalue weighted by Gasteiger charge is -2.04. The van der Waals surface area contributed by atoms with Gasteiger partial charge in [0.05, 0.1) is 22.9 Å². The Balaban J connectivity index is 2.01. The average molecular weight is 291 g/mol. The van der Waals surface area contributed by atoms with Gasteiger partial charge < -0.3 is 4.74 Å². The molecule has 4 rings (SSSR count). The molecule has 0 saturated carbocycles. The Morgan fingerprint density at radius 2 is 1.71 bits per heavy atom. The molecule has 21 heavy (non-hydrogen) atoms. The standard InChI is InChI=1S/C18H13NOS/c1-20-16-9-5-4-8-14(16)18-19-15-11-10-12-6-2-3-7-13(12)17(15)21-18/h2-11H,1H3. The number of nitrogens with zero attached hydrogens (tertiary/aromatic N) is 1. The number of benzene rings is 3. The Morgan fingerprint density at radius 3 is 2.62 bits per heavy atom. The molecule has 2 nitrogen and oxygen atoms in total. The maximum Gasteiger partial charge on any atom is 0.129 e. The molecule has 0 saturated heterocycles. The number of thiazole rings is 1. The van der Waals surface area contributed by atoms with Crippen molar-refractivity contribution in [1.82, 2.24) is 4.98 Å². The van der Waals surface area contributed by atoms with E-state index in [4.69, 9.17) is 9.72 Å². The lowest BCUT2D eigenvalue weighted by molar-refractivity contribution is 0.416. The molecule has 4 aromatic rings. The molecule has 102 valence electrons. The topological polar surface area (TPSA) is 22.1 Å². The van der Waals surface area contributed by atoms with Gasteiger partial charge in [0.2, 0.25) is 0 Å². The first kappa shape index (κ1) is 12.4. The van der Waals surface area contributed by atoms with Gasteiger partial charge in [-0.2, -0.15) is 0 Å². The van der Waals surface area contributed by atoms with Crippen molar-refractivity contribution in [3.05, 3.63) is 60.7 Å². The van der Waals surface area contributed by atoms with Crippen LogP contribution in [0, 0.1) is 0 Å². The number of ether oxygens (including phenoxy) is 1. The molecule has 3 aromatic carbocycles. The summed E-state index contributed by atoms with van der Waals surface area (Å²) >= 11 is 1.72. The molecule has 3 heteroatoms. The summed E-state index contributed by atoms with van der Waals surface area (Å²) < 4.78 is 6.68. The third-order valence-corrected chi connectivity index (χ3v) is 4.75. The monoisotopic (exact) mass is 291 g/mol. The van der Waals surface area contributed by atoms with E-state index >= 15 is 0 Å². The van der Waals surface area contributed by atoms with Crippen molar-refractivity contribution in [3.63, 3.8) is 0 Å². The molecule has 1 heterocycles. The molecule has 1 aromatic heterocycles. The van der Waals surface area contributed by atoms with E-state index in [1.165, 1.54) is 15.5 Å². The Morgan fingerprint density at radius 1 is 0.905 bits per heavy atom. The number of rotatable bonds is 2. The van der Waals surface area contributed by atoms with Gasteiger partial charge in [0.1, 0.15) is 10.8 Å². The lowest BCUT2D eigenvalue weighted by atomic mass is 10.1. The van der Waals surface area contributed by atoms with Gasteiger partial charge in [-0.1, -0.05) is 42.5 Å². The summed E-state index contributed by atoms with van der Waals surface area (Å²) in [4.78, 5) is 4.78. The van der Waals surface area contributed by atoms with E-state index in [0.717, 1.165) is 21.8 Å². The zero-order valence-electron chi connectivity index (χ0n) is 11.5. The number of aromatic nitrogens is 1. The minimum Gasteiger partial charge on any atom is -0.496 e. The molecule has 0 spiro atoms. The Labute approximate surface area is 126 Å². The third-order valence-electron chi connectivity index (χ3n) is 3.62. The quantitative estimate of drug-likeness (QED) is 0.511. The second-order valence-electron chi connectivity index (χ2n) is 4.85. The van der Waals surface area contributed by atoms with Gasteiger partial charge in [0, 0.05) is 5.39 Å². The highest BCUT2D eigenvalue weighted by molar-refractivity contribution is 7.22. The van der Waals surface area contributed by atoms with E-state index in [2.05, 4.69) is 42.5 Å². The fourth-order valence-corrected chi connectivity index (χ4v) is 3.72. The van der Waals surface area contributed by atoms with Crippen LogP contribution < -0.4 is 4.74 Å². The second kappa shape index (κ2) is 4.86. The highest BCUT2D eigenvalue weighted by Crippen LogP contribution is 2.38. The van der Waals surface area contributed by atoms with Gasteiger partial charge in [0.25, 0.3) is 0 Å². The van der Waals surface area contributed by atoms with Gasteiger partial charge in [-0.25, -0.2) is 4.98 Å². The smallest absolute Gasteiger partial charge is 0.129 e. The normalized spacial score (nSPS) is 11.1. The van der Waals surface area contributed by atoms with Crippen LogP contribution in [0.1, 0.15) is 0 Å². The molecule has 0 bridgehead atoms. The molecule has 0 radical (unpaired) electrons. The molecular formula is C18H13NOS. The average Bonchev–Trinajstić information content (AvgIpc) is 2.99. The number of hydrogen-bond donors (Lipinski definition) is 0. The Kier molecular flexibility index (Phi) is 2.86. The molecule has 0 N–H and O–H groups in total. The first-order valence-electron chi connectivity index (χ1n) is 6.78. The predicted octanol–water partition coefficient (Wildman–Crippen LogP) is 5.13. The molecular weight excluding hydrogens is 278 g/mol. The first-order chi connectivity index (χ1) is 10.4. The van der Waals surface area contributed by atoms with Crippen molar-refractivity contribution in [1.29, 1.82) is 0 Å². The van der Waals surface area contributed by atoms with Crippen LogP contribution in [-0.4, -0.2) is 12.1 Å². The highest BCUT2D eigenvalue weighted by atomic mass is 32.1. The van der Waals surface area contributed by atoms with Crippen molar-refractivity contribution in [2.45, 2.75) is 0 Å². The van der Waals surface area contributed by atoms with Gasteiger partial charge in [-0.05, 0) is 23.6 Å². The zero-order valence-corrected chi connectivity index (χ0v) is 12.4. The predicted molar refractivity (Wildman–Crippen MR) is 89.1 cm³/mol. The van der Waals surface area contributed by atoms with Gasteiger partial charge in [-0.15, -0.1) is 11.3 Å². The summed E-state index contributed by atoms with van der Waals surface area (Å²) in [6.07, 6.45) is 0. The SMILES string of the molecule is COc1ccccc1-c1nc2ccc3ccccc3c2s1. The summed E-state index contributed by atoms with van der Waals surface area (Å²) in [5.74, 6) is 0.862. The van der Waals surface area contributed by atoms with Crippen molar-refractivity contribution >= 4 is 32.3 Å². The molecule has 0 aliphatic heterocycles. The molecule has 0 fully saturated rings. The van der Waals surface area contributed by atoms with Crippen LogP contribution in [0.2, 0.25) is 0 Å². The molecule has 0 amide bonds. The fourth-order valence-electron chi connectivity index (χ4n) is 2.59. The summed E-state index contributed by atoms with van der Waals surface area (Å²) in [5.41, 5.74) is 2.09. The van der Waals surface area contributed by atoms with Crippen molar-refractivity contribution < 1.29 is 4.74 Å². The van der Waals surface area contributed by atoms with E-state index in [-0.39, 0.29) is 0 Å². The zero-order chi connectivity index (χ0) is 14.2. The van der Waals surface area contributed by atoms with E-state index in [9.17, 15) is 0 Å². The molecule has 0 atom stereocenters. The van der Waals surface area contributed by atoms with Gasteiger partial charge >= 0.3 is 0 Å². The van der Waals surface area contributed by atoms with Crippen molar-refractivity contribution in [3.8, 4) is 16.3 Å². The van der Waals surface area contributed by atoms with Crippen LogP contribution in [0.3, 0.4) is 0 Å². The highest BCUT2D eigenvalue weighted by Gasteiger charge is 2.12. The number of hydrogen-bond acceptors (Lipinski definition) is 3. The van der Waals surface area contributed by atoms with E-state index in [0.29, 0.717) is 0 Å². The first-order valence-corrected chi connectivity index (χ1v) is 7.60. The number of para-hydroxylation sites is 1. The molecule has 0 unspecified atom stereocenters. The number of fused-ring (bicyclic) bond motifs is 3. The van der Waals surface area contributed by atoms with Crippen LogP contribution in [0.15, 0.2) is 60.7 Å². The largest absolute Gasteiger partial charge is 0.496 e. The van der Waals surface area contributed by atoms with E-state index in [1.807, 2.05) is 18.2 Å². The van der Waals surface area contributed by atoms with Crippen molar-refractivity contribution in [2.24, 2.45) is 0 Å². The second-order valence-corrected chi connectivity index (χ2v) is 5.85.